The highest BCUT2D eigenvalue weighted by molar-refractivity contribution is 9.10. The van der Waals surface area contributed by atoms with E-state index in [1.807, 2.05) is 13.8 Å². The van der Waals surface area contributed by atoms with E-state index in [1.165, 1.54) is 6.07 Å². The van der Waals surface area contributed by atoms with Crippen molar-refractivity contribution in [3.63, 3.8) is 0 Å². The lowest BCUT2D eigenvalue weighted by Gasteiger charge is -2.16. The second kappa shape index (κ2) is 6.26. The van der Waals surface area contributed by atoms with Crippen LogP contribution in [-0.2, 0) is 11.0 Å². The zero-order valence-corrected chi connectivity index (χ0v) is 13.4. The Morgan fingerprint density at radius 3 is 2.37 bits per heavy atom. The molecule has 2 nitrogen and oxygen atoms in total. The van der Waals surface area contributed by atoms with Gasteiger partial charge in [-0.15, -0.1) is 0 Å². The van der Waals surface area contributed by atoms with Gasteiger partial charge in [0.15, 0.2) is 0 Å². The molecule has 7 heteroatoms. The number of carbonyl (C=O) groups excluding carboxylic acids is 1. The number of hydrogen-bond donors (Lipinski definition) is 1. The summed E-state index contributed by atoms with van der Waals surface area (Å²) in [7, 11) is 0. The molecule has 0 aliphatic carbocycles. The van der Waals surface area contributed by atoms with Crippen molar-refractivity contribution < 1.29 is 18.0 Å². The molecule has 19 heavy (non-hydrogen) atoms. The molecule has 1 aromatic rings. The summed E-state index contributed by atoms with van der Waals surface area (Å²) in [6.07, 6.45) is -4.44. The fraction of sp³-hybridized carbons (Fsp3) is 0.417. The van der Waals surface area contributed by atoms with Gasteiger partial charge in [-0.2, -0.15) is 13.2 Å². The Morgan fingerprint density at radius 1 is 1.32 bits per heavy atom. The summed E-state index contributed by atoms with van der Waals surface area (Å²) >= 11 is 6.31. The SMILES string of the molecule is CC(C)C(Br)C(=O)Nc1cc(C(F)(F)F)ccc1Br. The second-order valence-corrected chi connectivity index (χ2v) is 6.17. The number of amides is 1. The lowest BCUT2D eigenvalue weighted by atomic mass is 10.1. The number of hydrogen-bond acceptors (Lipinski definition) is 1. The van der Waals surface area contributed by atoms with Gasteiger partial charge < -0.3 is 5.32 Å². The van der Waals surface area contributed by atoms with Crippen LogP contribution in [0, 0.1) is 5.92 Å². The van der Waals surface area contributed by atoms with Gasteiger partial charge in [0.05, 0.1) is 16.1 Å². The summed E-state index contributed by atoms with van der Waals surface area (Å²) in [5.74, 6) is -0.348. The van der Waals surface area contributed by atoms with Gasteiger partial charge in [0.25, 0.3) is 0 Å². The lowest BCUT2D eigenvalue weighted by molar-refractivity contribution is -0.137. The van der Waals surface area contributed by atoms with Gasteiger partial charge in [0.2, 0.25) is 5.91 Å². The first-order valence-electron chi connectivity index (χ1n) is 5.44. The third-order valence-corrected chi connectivity index (χ3v) is 4.55. The topological polar surface area (TPSA) is 29.1 Å². The van der Waals surface area contributed by atoms with E-state index in [2.05, 4.69) is 37.2 Å². The molecule has 0 heterocycles. The van der Waals surface area contributed by atoms with Crippen molar-refractivity contribution in [3.05, 3.63) is 28.2 Å². The Balaban J connectivity index is 2.98. The fourth-order valence-corrected chi connectivity index (χ4v) is 1.76. The van der Waals surface area contributed by atoms with Crippen LogP contribution in [0.15, 0.2) is 22.7 Å². The predicted octanol–water partition coefficient (Wildman–Crippen LogP) is 4.83. The van der Waals surface area contributed by atoms with Crippen molar-refractivity contribution in [2.24, 2.45) is 5.92 Å². The van der Waals surface area contributed by atoms with Gasteiger partial charge in [-0.3, -0.25) is 4.79 Å². The highest BCUT2D eigenvalue weighted by Gasteiger charge is 2.31. The molecule has 1 unspecified atom stereocenters. The summed E-state index contributed by atoms with van der Waals surface area (Å²) < 4.78 is 38.2. The summed E-state index contributed by atoms with van der Waals surface area (Å²) in [6, 6.07) is 3.12. The molecule has 1 rings (SSSR count). The fourth-order valence-electron chi connectivity index (χ4n) is 1.30. The second-order valence-electron chi connectivity index (χ2n) is 4.33. The van der Waals surface area contributed by atoms with E-state index in [0.717, 1.165) is 12.1 Å². The van der Waals surface area contributed by atoms with Gasteiger partial charge in [0, 0.05) is 4.47 Å². The van der Waals surface area contributed by atoms with Crippen molar-refractivity contribution in [3.8, 4) is 0 Å². The molecular formula is C12H12Br2F3NO. The molecule has 1 atom stereocenters. The van der Waals surface area contributed by atoms with Gasteiger partial charge in [-0.1, -0.05) is 29.8 Å². The number of carbonyl (C=O) groups is 1. The van der Waals surface area contributed by atoms with Crippen molar-refractivity contribution >= 4 is 43.5 Å². The first-order valence-corrected chi connectivity index (χ1v) is 7.15. The Morgan fingerprint density at radius 2 is 1.89 bits per heavy atom. The van der Waals surface area contributed by atoms with Gasteiger partial charge in [-0.25, -0.2) is 0 Å². The molecule has 1 N–H and O–H groups in total. The first-order chi connectivity index (χ1) is 8.62. The molecule has 0 aliphatic rings. The molecule has 0 aliphatic heterocycles. The summed E-state index contributed by atoms with van der Waals surface area (Å²) in [4.78, 5) is 11.3. The van der Waals surface area contributed by atoms with Gasteiger partial charge >= 0.3 is 6.18 Å². The number of anilines is 1. The van der Waals surface area contributed by atoms with E-state index >= 15 is 0 Å². The number of benzene rings is 1. The van der Waals surface area contributed by atoms with E-state index in [9.17, 15) is 18.0 Å². The largest absolute Gasteiger partial charge is 0.416 e. The van der Waals surface area contributed by atoms with Gasteiger partial charge in [-0.05, 0) is 40.0 Å². The predicted molar refractivity (Wildman–Crippen MR) is 75.3 cm³/mol. The van der Waals surface area contributed by atoms with E-state index in [1.54, 1.807) is 0 Å². The zero-order valence-electron chi connectivity index (χ0n) is 10.2. The summed E-state index contributed by atoms with van der Waals surface area (Å²) in [6.45, 7) is 3.67. The van der Waals surface area contributed by atoms with Crippen molar-refractivity contribution in [1.29, 1.82) is 0 Å². The van der Waals surface area contributed by atoms with Crippen LogP contribution in [0.1, 0.15) is 19.4 Å². The standard InChI is InChI=1S/C12H12Br2F3NO/c1-6(2)10(14)11(19)18-9-5-7(12(15,16)17)3-4-8(9)13/h3-6,10H,1-2H3,(H,18,19). The number of rotatable bonds is 3. The highest BCUT2D eigenvalue weighted by Crippen LogP contribution is 2.34. The van der Waals surface area contributed by atoms with Gasteiger partial charge in [0.1, 0.15) is 0 Å². The quantitative estimate of drug-likeness (QED) is 0.721. The molecule has 1 aromatic carbocycles. The van der Waals surface area contributed by atoms with E-state index < -0.39 is 16.6 Å². The summed E-state index contributed by atoms with van der Waals surface area (Å²) in [5, 5.41) is 2.47. The number of nitrogens with one attached hydrogen (secondary N) is 1. The van der Waals surface area contributed by atoms with Crippen LogP contribution in [-0.4, -0.2) is 10.7 Å². The van der Waals surface area contributed by atoms with Crippen LogP contribution in [0.4, 0.5) is 18.9 Å². The first kappa shape index (κ1) is 16.5. The molecule has 0 radical (unpaired) electrons. The van der Waals surface area contributed by atoms with Crippen LogP contribution in [0.2, 0.25) is 0 Å². The van der Waals surface area contributed by atoms with Crippen molar-refractivity contribution in [1.82, 2.24) is 0 Å². The molecule has 0 bridgehead atoms. The maximum absolute atomic E-state index is 12.6. The number of halogens is 5. The zero-order chi connectivity index (χ0) is 14.8. The lowest BCUT2D eigenvalue weighted by Crippen LogP contribution is -2.27. The molecular weight excluding hydrogens is 391 g/mol. The van der Waals surface area contributed by atoms with Crippen LogP contribution >= 0.6 is 31.9 Å². The Hall–Kier alpha value is -0.560. The Bertz CT molecular complexity index is 475. The third kappa shape index (κ3) is 4.49. The molecule has 0 saturated carbocycles. The van der Waals surface area contributed by atoms with Crippen molar-refractivity contribution in [2.75, 3.05) is 5.32 Å². The van der Waals surface area contributed by atoms with Crippen LogP contribution < -0.4 is 5.32 Å². The smallest absolute Gasteiger partial charge is 0.324 e. The molecule has 0 saturated heterocycles. The maximum Gasteiger partial charge on any atom is 0.416 e. The minimum atomic E-state index is -4.44. The monoisotopic (exact) mass is 401 g/mol. The maximum atomic E-state index is 12.6. The van der Waals surface area contributed by atoms with E-state index in [-0.39, 0.29) is 17.5 Å². The Kier molecular flexibility index (Phi) is 5.43. The molecule has 0 fully saturated rings. The third-order valence-electron chi connectivity index (χ3n) is 2.39. The summed E-state index contributed by atoms with van der Waals surface area (Å²) in [5.41, 5.74) is -0.702. The minimum absolute atomic E-state index is 0.0320. The average Bonchev–Trinajstić information content (AvgIpc) is 2.29. The van der Waals surface area contributed by atoms with Crippen molar-refractivity contribution in [2.45, 2.75) is 24.9 Å². The molecule has 0 spiro atoms. The Labute approximate surface area is 126 Å². The van der Waals surface area contributed by atoms with Crippen LogP contribution in [0.25, 0.3) is 0 Å². The van der Waals surface area contributed by atoms with Crippen LogP contribution in [0.3, 0.4) is 0 Å². The molecule has 106 valence electrons. The van der Waals surface area contributed by atoms with Crippen LogP contribution in [0.5, 0.6) is 0 Å². The average molecular weight is 403 g/mol. The highest BCUT2D eigenvalue weighted by atomic mass is 79.9. The number of alkyl halides is 4. The molecule has 1 amide bonds. The van der Waals surface area contributed by atoms with E-state index in [0.29, 0.717) is 4.47 Å². The normalized spacial score (nSPS) is 13.5. The van der Waals surface area contributed by atoms with E-state index in [4.69, 9.17) is 0 Å². The molecule has 0 aromatic heterocycles. The minimum Gasteiger partial charge on any atom is -0.324 e.